The fraction of sp³-hybridized carbons (Fsp3) is 0.455. The molecule has 1 aromatic rings. The number of methoxy groups -OCH3 is 1. The van der Waals surface area contributed by atoms with E-state index >= 15 is 0 Å². The Morgan fingerprint density at radius 3 is 2.80 bits per heavy atom. The van der Waals surface area contributed by atoms with E-state index < -0.39 is 0 Å². The van der Waals surface area contributed by atoms with Crippen LogP contribution in [-0.2, 0) is 4.74 Å². The third kappa shape index (κ3) is 3.80. The normalized spacial score (nSPS) is 12.7. The van der Waals surface area contributed by atoms with Gasteiger partial charge >= 0.3 is 0 Å². The van der Waals surface area contributed by atoms with Gasteiger partial charge in [-0.3, -0.25) is 11.3 Å². The van der Waals surface area contributed by atoms with E-state index in [1.54, 1.807) is 7.11 Å². The van der Waals surface area contributed by atoms with Crippen LogP contribution in [0.3, 0.4) is 0 Å². The maximum atomic E-state index is 6.08. The predicted molar refractivity (Wildman–Crippen MR) is 62.6 cm³/mol. The summed E-state index contributed by atoms with van der Waals surface area (Å²) < 4.78 is 5.00. The van der Waals surface area contributed by atoms with Gasteiger partial charge in [0.15, 0.2) is 0 Å². The second-order valence-corrected chi connectivity index (χ2v) is 3.78. The molecule has 0 aliphatic rings. The van der Waals surface area contributed by atoms with E-state index in [2.05, 4.69) is 5.43 Å². The second-order valence-electron chi connectivity index (χ2n) is 3.38. The molecule has 3 nitrogen and oxygen atoms in total. The van der Waals surface area contributed by atoms with Crippen molar-refractivity contribution in [2.24, 2.45) is 5.84 Å². The first-order valence-corrected chi connectivity index (χ1v) is 5.37. The van der Waals surface area contributed by atoms with Crippen LogP contribution in [0.2, 0.25) is 5.02 Å². The van der Waals surface area contributed by atoms with Crippen molar-refractivity contribution in [1.82, 2.24) is 5.43 Å². The van der Waals surface area contributed by atoms with Crippen LogP contribution in [0.25, 0.3) is 0 Å². The zero-order valence-electron chi connectivity index (χ0n) is 8.87. The molecule has 15 heavy (non-hydrogen) atoms. The van der Waals surface area contributed by atoms with Crippen molar-refractivity contribution in [3.63, 3.8) is 0 Å². The van der Waals surface area contributed by atoms with Crippen molar-refractivity contribution in [3.05, 3.63) is 34.9 Å². The number of halogens is 1. The fourth-order valence-corrected chi connectivity index (χ4v) is 1.79. The van der Waals surface area contributed by atoms with Gasteiger partial charge in [0.25, 0.3) is 0 Å². The topological polar surface area (TPSA) is 47.3 Å². The Bertz CT molecular complexity index is 294. The van der Waals surface area contributed by atoms with E-state index in [-0.39, 0.29) is 6.04 Å². The molecule has 1 rings (SSSR count). The number of nitrogens with one attached hydrogen (secondary N) is 1. The lowest BCUT2D eigenvalue weighted by molar-refractivity contribution is 0.189. The van der Waals surface area contributed by atoms with Crippen LogP contribution in [0.5, 0.6) is 0 Å². The molecule has 0 aliphatic heterocycles. The quantitative estimate of drug-likeness (QED) is 0.446. The Kier molecular flexibility index (Phi) is 5.65. The first-order valence-electron chi connectivity index (χ1n) is 4.99. The third-order valence-electron chi connectivity index (χ3n) is 2.32. The van der Waals surface area contributed by atoms with Crippen LogP contribution in [0.4, 0.5) is 0 Å². The summed E-state index contributed by atoms with van der Waals surface area (Å²) in [5.74, 6) is 5.51. The Hall–Kier alpha value is -0.610. The highest BCUT2D eigenvalue weighted by Crippen LogP contribution is 2.25. The summed E-state index contributed by atoms with van der Waals surface area (Å²) in [6.07, 6.45) is 1.87. The molecule has 0 saturated carbocycles. The standard InChI is InChI=1S/C11H17ClN2O/c1-15-8-4-7-11(14-13)9-5-2-3-6-10(9)12/h2-3,5-6,11,14H,4,7-8,13H2,1H3. The SMILES string of the molecule is COCCCC(NN)c1ccccc1Cl. The Labute approximate surface area is 95.5 Å². The molecule has 1 atom stereocenters. The molecule has 1 unspecified atom stereocenters. The van der Waals surface area contributed by atoms with E-state index in [0.717, 1.165) is 30.0 Å². The Morgan fingerprint density at radius 2 is 2.20 bits per heavy atom. The van der Waals surface area contributed by atoms with Crippen molar-refractivity contribution >= 4 is 11.6 Å². The molecule has 0 aromatic heterocycles. The molecule has 0 bridgehead atoms. The first-order chi connectivity index (χ1) is 7.29. The molecule has 4 heteroatoms. The van der Waals surface area contributed by atoms with Gasteiger partial charge in [-0.1, -0.05) is 29.8 Å². The number of nitrogens with two attached hydrogens (primary N) is 1. The molecule has 0 saturated heterocycles. The number of hydrogen-bond acceptors (Lipinski definition) is 3. The summed E-state index contributed by atoms with van der Waals surface area (Å²) in [6.45, 7) is 0.739. The van der Waals surface area contributed by atoms with Crippen molar-refractivity contribution in [2.45, 2.75) is 18.9 Å². The molecule has 0 aliphatic carbocycles. The van der Waals surface area contributed by atoms with E-state index in [1.165, 1.54) is 0 Å². The molecule has 84 valence electrons. The number of hydrogen-bond donors (Lipinski definition) is 2. The average Bonchev–Trinajstić information content (AvgIpc) is 2.26. The largest absolute Gasteiger partial charge is 0.385 e. The van der Waals surface area contributed by atoms with E-state index in [4.69, 9.17) is 22.2 Å². The van der Waals surface area contributed by atoms with Crippen molar-refractivity contribution in [3.8, 4) is 0 Å². The summed E-state index contributed by atoms with van der Waals surface area (Å²) in [7, 11) is 1.69. The minimum Gasteiger partial charge on any atom is -0.385 e. The van der Waals surface area contributed by atoms with Gasteiger partial charge in [-0.2, -0.15) is 0 Å². The lowest BCUT2D eigenvalue weighted by atomic mass is 10.0. The molecule has 0 spiro atoms. The number of benzene rings is 1. The first kappa shape index (κ1) is 12.5. The minimum absolute atomic E-state index is 0.0915. The van der Waals surface area contributed by atoms with Crippen LogP contribution in [0, 0.1) is 0 Å². The predicted octanol–water partition coefficient (Wildman–Crippen LogP) is 2.27. The molecule has 0 amide bonds. The summed E-state index contributed by atoms with van der Waals surface area (Å²) in [5.41, 5.74) is 3.82. The van der Waals surface area contributed by atoms with Crippen LogP contribution in [0.15, 0.2) is 24.3 Å². The molecular weight excluding hydrogens is 212 g/mol. The lowest BCUT2D eigenvalue weighted by Crippen LogP contribution is -2.28. The van der Waals surface area contributed by atoms with E-state index in [1.807, 2.05) is 24.3 Å². The maximum absolute atomic E-state index is 6.08. The highest BCUT2D eigenvalue weighted by atomic mass is 35.5. The average molecular weight is 229 g/mol. The van der Waals surface area contributed by atoms with Crippen LogP contribution >= 0.6 is 11.6 Å². The van der Waals surface area contributed by atoms with Crippen LogP contribution in [-0.4, -0.2) is 13.7 Å². The Morgan fingerprint density at radius 1 is 1.47 bits per heavy atom. The Balaban J connectivity index is 2.61. The zero-order chi connectivity index (χ0) is 11.1. The van der Waals surface area contributed by atoms with Crippen molar-refractivity contribution in [1.29, 1.82) is 0 Å². The van der Waals surface area contributed by atoms with Crippen LogP contribution in [0.1, 0.15) is 24.4 Å². The highest BCUT2D eigenvalue weighted by Gasteiger charge is 2.11. The summed E-state index contributed by atoms with van der Waals surface area (Å²) >= 11 is 6.08. The molecule has 1 aromatic carbocycles. The molecule has 3 N–H and O–H groups in total. The molecule has 0 radical (unpaired) electrons. The van der Waals surface area contributed by atoms with Crippen molar-refractivity contribution < 1.29 is 4.74 Å². The number of rotatable bonds is 6. The second kappa shape index (κ2) is 6.80. The van der Waals surface area contributed by atoms with Gasteiger partial charge in [-0.15, -0.1) is 0 Å². The minimum atomic E-state index is 0.0915. The van der Waals surface area contributed by atoms with Gasteiger partial charge in [-0.25, -0.2) is 0 Å². The van der Waals surface area contributed by atoms with Crippen LogP contribution < -0.4 is 11.3 Å². The zero-order valence-corrected chi connectivity index (χ0v) is 9.63. The third-order valence-corrected chi connectivity index (χ3v) is 2.67. The highest BCUT2D eigenvalue weighted by molar-refractivity contribution is 6.31. The monoisotopic (exact) mass is 228 g/mol. The smallest absolute Gasteiger partial charge is 0.0475 e. The van der Waals surface area contributed by atoms with Gasteiger partial charge < -0.3 is 4.74 Å². The fourth-order valence-electron chi connectivity index (χ4n) is 1.52. The van der Waals surface area contributed by atoms with Gasteiger partial charge in [0, 0.05) is 24.8 Å². The summed E-state index contributed by atoms with van der Waals surface area (Å²) in [6, 6.07) is 7.82. The van der Waals surface area contributed by atoms with Gasteiger partial charge in [0.05, 0.1) is 0 Å². The van der Waals surface area contributed by atoms with Gasteiger partial charge in [0.2, 0.25) is 0 Å². The number of ether oxygens (including phenoxy) is 1. The summed E-state index contributed by atoms with van der Waals surface area (Å²) in [4.78, 5) is 0. The van der Waals surface area contributed by atoms with E-state index in [0.29, 0.717) is 0 Å². The lowest BCUT2D eigenvalue weighted by Gasteiger charge is -2.17. The van der Waals surface area contributed by atoms with E-state index in [9.17, 15) is 0 Å². The van der Waals surface area contributed by atoms with Gasteiger partial charge in [-0.05, 0) is 24.5 Å². The number of hydrazine groups is 1. The summed E-state index contributed by atoms with van der Waals surface area (Å²) in [5, 5.41) is 0.748. The van der Waals surface area contributed by atoms with Crippen molar-refractivity contribution in [2.75, 3.05) is 13.7 Å². The molecule has 0 heterocycles. The molecular formula is C11H17ClN2O. The van der Waals surface area contributed by atoms with Gasteiger partial charge in [0.1, 0.15) is 0 Å². The molecule has 0 fully saturated rings. The maximum Gasteiger partial charge on any atom is 0.0475 e.